The number of carbonyl (C=O) groups excluding carboxylic acids is 1. The highest BCUT2D eigenvalue weighted by Gasteiger charge is 2.18. The Balaban J connectivity index is 2.64. The molecule has 7 nitrogen and oxygen atoms in total. The van der Waals surface area contributed by atoms with Crippen LogP contribution in [0.3, 0.4) is 0 Å². The van der Waals surface area contributed by atoms with Crippen LogP contribution >= 0.6 is 0 Å². The zero-order chi connectivity index (χ0) is 13.0. The Morgan fingerprint density at radius 3 is 2.59 bits per heavy atom. The van der Waals surface area contributed by atoms with Crippen LogP contribution in [0.5, 0.6) is 0 Å². The first-order valence-electron chi connectivity index (χ1n) is 5.31. The average Bonchev–Trinajstić information content (AvgIpc) is 2.73. The monoisotopic (exact) mass is 240 g/mol. The van der Waals surface area contributed by atoms with Crippen molar-refractivity contribution >= 4 is 11.9 Å². The van der Waals surface area contributed by atoms with E-state index in [1.165, 1.54) is 11.9 Å². The van der Waals surface area contributed by atoms with E-state index in [1.54, 1.807) is 0 Å². The number of aromatic nitrogens is 3. The molecule has 0 bridgehead atoms. The summed E-state index contributed by atoms with van der Waals surface area (Å²) in [7, 11) is 1.52. The number of rotatable bonds is 5. The van der Waals surface area contributed by atoms with Crippen molar-refractivity contribution < 1.29 is 14.7 Å². The molecule has 0 aliphatic rings. The minimum atomic E-state index is -0.942. The number of aromatic amines is 1. The minimum Gasteiger partial charge on any atom is -0.481 e. The van der Waals surface area contributed by atoms with Crippen molar-refractivity contribution in [2.45, 2.75) is 26.2 Å². The number of nitrogens with zero attached hydrogens (tertiary/aromatic N) is 3. The van der Waals surface area contributed by atoms with Gasteiger partial charge in [-0.25, -0.2) is 4.98 Å². The lowest BCUT2D eigenvalue weighted by atomic mass is 10.2. The fraction of sp³-hybridized carbons (Fsp3) is 0.600. The Kier molecular flexibility index (Phi) is 4.19. The molecule has 0 aliphatic carbocycles. The second kappa shape index (κ2) is 5.42. The zero-order valence-electron chi connectivity index (χ0n) is 10.1. The van der Waals surface area contributed by atoms with Gasteiger partial charge in [-0.3, -0.25) is 14.7 Å². The van der Waals surface area contributed by atoms with Gasteiger partial charge in [0.2, 0.25) is 5.82 Å². The van der Waals surface area contributed by atoms with Gasteiger partial charge in [0.25, 0.3) is 5.91 Å². The van der Waals surface area contributed by atoms with Crippen LogP contribution in [0.15, 0.2) is 0 Å². The van der Waals surface area contributed by atoms with Crippen LogP contribution in [0.4, 0.5) is 0 Å². The first kappa shape index (κ1) is 13.1. The van der Waals surface area contributed by atoms with E-state index in [-0.39, 0.29) is 30.6 Å². The van der Waals surface area contributed by atoms with Gasteiger partial charge in [0.05, 0.1) is 6.42 Å². The normalized spacial score (nSPS) is 10.6. The Morgan fingerprint density at radius 1 is 1.47 bits per heavy atom. The Hall–Kier alpha value is -1.92. The molecule has 94 valence electrons. The molecule has 0 atom stereocenters. The molecular weight excluding hydrogens is 224 g/mol. The van der Waals surface area contributed by atoms with E-state index in [2.05, 4.69) is 15.2 Å². The van der Waals surface area contributed by atoms with Crippen LogP contribution in [-0.2, 0) is 4.79 Å². The van der Waals surface area contributed by atoms with E-state index >= 15 is 0 Å². The summed E-state index contributed by atoms with van der Waals surface area (Å²) < 4.78 is 0. The van der Waals surface area contributed by atoms with Gasteiger partial charge in [0.15, 0.2) is 0 Å². The van der Waals surface area contributed by atoms with E-state index in [4.69, 9.17) is 5.11 Å². The smallest absolute Gasteiger partial charge is 0.305 e. The number of carboxylic acid groups (broad SMARTS) is 1. The van der Waals surface area contributed by atoms with Gasteiger partial charge in [-0.05, 0) is 0 Å². The number of hydrogen-bond donors (Lipinski definition) is 2. The summed E-state index contributed by atoms with van der Waals surface area (Å²) in [5, 5.41) is 15.0. The standard InChI is InChI=1S/C10H16N4O3/c1-6(2)8-11-9(13-12-8)10(17)14(3)5-4-7(15)16/h6H,4-5H2,1-3H3,(H,15,16)(H,11,12,13). The first-order valence-corrected chi connectivity index (χ1v) is 5.31. The molecule has 1 amide bonds. The van der Waals surface area contributed by atoms with Crippen LogP contribution in [-0.4, -0.2) is 50.7 Å². The molecule has 0 aromatic carbocycles. The SMILES string of the molecule is CC(C)c1nc(C(=O)N(C)CCC(=O)O)n[nH]1. The van der Waals surface area contributed by atoms with E-state index in [0.717, 1.165) is 0 Å². The number of carboxylic acids is 1. The van der Waals surface area contributed by atoms with Crippen LogP contribution in [0.25, 0.3) is 0 Å². The summed E-state index contributed by atoms with van der Waals surface area (Å²) >= 11 is 0. The van der Waals surface area contributed by atoms with Crippen molar-refractivity contribution in [1.29, 1.82) is 0 Å². The fourth-order valence-electron chi connectivity index (χ4n) is 1.16. The lowest BCUT2D eigenvalue weighted by Gasteiger charge is -2.13. The third-order valence-corrected chi connectivity index (χ3v) is 2.25. The van der Waals surface area contributed by atoms with Gasteiger partial charge in [-0.1, -0.05) is 13.8 Å². The number of hydrogen-bond acceptors (Lipinski definition) is 4. The lowest BCUT2D eigenvalue weighted by molar-refractivity contribution is -0.137. The van der Waals surface area contributed by atoms with Crippen molar-refractivity contribution in [3.8, 4) is 0 Å². The quantitative estimate of drug-likeness (QED) is 0.779. The van der Waals surface area contributed by atoms with Crippen LogP contribution < -0.4 is 0 Å². The van der Waals surface area contributed by atoms with Gasteiger partial charge < -0.3 is 10.0 Å². The van der Waals surface area contributed by atoms with Crippen LogP contribution in [0, 0.1) is 0 Å². The van der Waals surface area contributed by atoms with Gasteiger partial charge in [-0.2, -0.15) is 0 Å². The Bertz CT molecular complexity index is 413. The molecule has 1 aromatic heterocycles. The summed E-state index contributed by atoms with van der Waals surface area (Å²) in [6.45, 7) is 4.01. The molecule has 17 heavy (non-hydrogen) atoms. The molecule has 1 rings (SSSR count). The topological polar surface area (TPSA) is 99.2 Å². The summed E-state index contributed by atoms with van der Waals surface area (Å²) in [4.78, 5) is 27.5. The van der Waals surface area contributed by atoms with Crippen molar-refractivity contribution in [1.82, 2.24) is 20.1 Å². The number of H-pyrrole nitrogens is 1. The zero-order valence-corrected chi connectivity index (χ0v) is 10.1. The molecular formula is C10H16N4O3. The molecule has 0 unspecified atom stereocenters. The average molecular weight is 240 g/mol. The largest absolute Gasteiger partial charge is 0.481 e. The van der Waals surface area contributed by atoms with Crippen molar-refractivity contribution in [3.63, 3.8) is 0 Å². The summed E-state index contributed by atoms with van der Waals surface area (Å²) in [6.07, 6.45) is -0.0936. The second-order valence-corrected chi connectivity index (χ2v) is 4.07. The highest BCUT2D eigenvalue weighted by molar-refractivity contribution is 5.90. The molecule has 0 saturated carbocycles. The van der Waals surface area contributed by atoms with Gasteiger partial charge in [-0.15, -0.1) is 5.10 Å². The summed E-state index contributed by atoms with van der Waals surface area (Å²) in [5.74, 6) is -0.452. The highest BCUT2D eigenvalue weighted by atomic mass is 16.4. The molecule has 2 N–H and O–H groups in total. The molecule has 1 aromatic rings. The third kappa shape index (κ3) is 3.54. The maximum absolute atomic E-state index is 11.8. The molecule has 0 aliphatic heterocycles. The molecule has 0 fully saturated rings. The predicted octanol–water partition coefficient (Wildman–Crippen LogP) is 0.475. The Labute approximate surface area is 98.8 Å². The minimum absolute atomic E-state index is 0.0709. The van der Waals surface area contributed by atoms with Crippen molar-refractivity contribution in [3.05, 3.63) is 11.6 Å². The van der Waals surface area contributed by atoms with Crippen molar-refractivity contribution in [2.75, 3.05) is 13.6 Å². The first-order chi connectivity index (χ1) is 7.91. The number of aliphatic carboxylic acids is 1. The Morgan fingerprint density at radius 2 is 2.12 bits per heavy atom. The maximum atomic E-state index is 11.8. The van der Waals surface area contributed by atoms with E-state index < -0.39 is 5.97 Å². The highest BCUT2D eigenvalue weighted by Crippen LogP contribution is 2.08. The summed E-state index contributed by atoms with van der Waals surface area (Å²) in [6, 6.07) is 0. The summed E-state index contributed by atoms with van der Waals surface area (Å²) in [5.41, 5.74) is 0. The van der Waals surface area contributed by atoms with E-state index in [9.17, 15) is 9.59 Å². The van der Waals surface area contributed by atoms with Gasteiger partial charge in [0.1, 0.15) is 5.82 Å². The number of amides is 1. The van der Waals surface area contributed by atoms with Crippen LogP contribution in [0.2, 0.25) is 0 Å². The van der Waals surface area contributed by atoms with E-state index in [0.29, 0.717) is 5.82 Å². The fourth-order valence-corrected chi connectivity index (χ4v) is 1.16. The second-order valence-electron chi connectivity index (χ2n) is 4.07. The predicted molar refractivity (Wildman–Crippen MR) is 59.7 cm³/mol. The van der Waals surface area contributed by atoms with Gasteiger partial charge >= 0.3 is 5.97 Å². The maximum Gasteiger partial charge on any atom is 0.305 e. The molecule has 0 saturated heterocycles. The molecule has 1 heterocycles. The van der Waals surface area contributed by atoms with Crippen LogP contribution in [0.1, 0.15) is 42.6 Å². The lowest BCUT2D eigenvalue weighted by Crippen LogP contribution is -2.29. The van der Waals surface area contributed by atoms with Gasteiger partial charge in [0, 0.05) is 19.5 Å². The molecule has 0 spiro atoms. The number of carbonyl (C=O) groups is 2. The third-order valence-electron chi connectivity index (χ3n) is 2.25. The van der Waals surface area contributed by atoms with Crippen molar-refractivity contribution in [2.24, 2.45) is 0 Å². The molecule has 7 heteroatoms. The van der Waals surface area contributed by atoms with E-state index in [1.807, 2.05) is 13.8 Å². The molecule has 0 radical (unpaired) electrons. The number of nitrogens with one attached hydrogen (secondary N) is 1.